The fraction of sp³-hybridized carbons (Fsp3) is 0.929. The van der Waals surface area contributed by atoms with Crippen LogP contribution in [-0.2, 0) is 9.53 Å². The molecule has 1 heterocycles. The van der Waals surface area contributed by atoms with E-state index in [1.54, 1.807) is 0 Å². The van der Waals surface area contributed by atoms with Crippen LogP contribution in [0.4, 0.5) is 0 Å². The van der Waals surface area contributed by atoms with Gasteiger partial charge in [-0.1, -0.05) is 0 Å². The highest BCUT2D eigenvalue weighted by Gasteiger charge is 2.34. The van der Waals surface area contributed by atoms with Crippen molar-refractivity contribution in [2.45, 2.75) is 51.6 Å². The molecule has 1 saturated carbocycles. The maximum atomic E-state index is 11.9. The van der Waals surface area contributed by atoms with Crippen LogP contribution in [0.5, 0.6) is 0 Å². The molecule has 1 unspecified atom stereocenters. The average molecular weight is 254 g/mol. The van der Waals surface area contributed by atoms with Crippen molar-refractivity contribution in [2.75, 3.05) is 26.3 Å². The second-order valence-corrected chi connectivity index (χ2v) is 5.60. The summed E-state index contributed by atoms with van der Waals surface area (Å²) >= 11 is 0. The van der Waals surface area contributed by atoms with E-state index < -0.39 is 0 Å². The van der Waals surface area contributed by atoms with Gasteiger partial charge in [0.1, 0.15) is 0 Å². The molecule has 1 atom stereocenters. The van der Waals surface area contributed by atoms with Crippen LogP contribution in [0.2, 0.25) is 0 Å². The first kappa shape index (κ1) is 13.8. The third-order valence-electron chi connectivity index (χ3n) is 3.83. The maximum absolute atomic E-state index is 11.9. The number of ether oxygens (including phenoxy) is 1. The van der Waals surface area contributed by atoms with E-state index in [4.69, 9.17) is 4.74 Å². The molecule has 1 aliphatic heterocycles. The van der Waals surface area contributed by atoms with Crippen LogP contribution in [0, 0.1) is 5.92 Å². The van der Waals surface area contributed by atoms with Gasteiger partial charge in [-0.15, -0.1) is 0 Å². The summed E-state index contributed by atoms with van der Waals surface area (Å²) in [5.74, 6) is 0.766. The van der Waals surface area contributed by atoms with E-state index in [1.807, 2.05) is 6.92 Å². The van der Waals surface area contributed by atoms with Gasteiger partial charge in [0.15, 0.2) is 0 Å². The molecule has 0 aromatic heterocycles. The van der Waals surface area contributed by atoms with Crippen molar-refractivity contribution < 1.29 is 9.53 Å². The minimum absolute atomic E-state index is 0.367. The number of carbonyl (C=O) groups is 1. The number of hydrogen-bond acceptors (Lipinski definition) is 3. The van der Waals surface area contributed by atoms with Gasteiger partial charge in [0.2, 0.25) is 5.91 Å². The molecule has 2 rings (SSSR count). The molecule has 4 heteroatoms. The van der Waals surface area contributed by atoms with Gasteiger partial charge in [-0.2, -0.15) is 0 Å². The Hall–Kier alpha value is -0.610. The molecule has 0 spiro atoms. The van der Waals surface area contributed by atoms with Gasteiger partial charge >= 0.3 is 0 Å². The highest BCUT2D eigenvalue weighted by molar-refractivity contribution is 5.81. The maximum Gasteiger partial charge on any atom is 0.225 e. The molecule has 0 aromatic rings. The van der Waals surface area contributed by atoms with Gasteiger partial charge in [0, 0.05) is 37.7 Å². The van der Waals surface area contributed by atoms with E-state index in [9.17, 15) is 4.79 Å². The molecule has 104 valence electrons. The summed E-state index contributed by atoms with van der Waals surface area (Å²) < 4.78 is 5.41. The van der Waals surface area contributed by atoms with Crippen molar-refractivity contribution >= 4 is 5.91 Å². The second-order valence-electron chi connectivity index (χ2n) is 5.60. The Balaban J connectivity index is 1.64. The summed E-state index contributed by atoms with van der Waals surface area (Å²) in [5, 5.41) is 3.59. The van der Waals surface area contributed by atoms with Crippen molar-refractivity contribution in [1.82, 2.24) is 10.2 Å². The molecule has 1 aliphatic carbocycles. The largest absolute Gasteiger partial charge is 0.380 e. The molecule has 18 heavy (non-hydrogen) atoms. The van der Waals surface area contributed by atoms with E-state index in [0.717, 1.165) is 52.0 Å². The summed E-state index contributed by atoms with van der Waals surface area (Å²) in [4.78, 5) is 14.0. The minimum atomic E-state index is 0.367. The lowest BCUT2D eigenvalue weighted by atomic mass is 10.0. The molecule has 1 amide bonds. The van der Waals surface area contributed by atoms with Gasteiger partial charge in [-0.3, -0.25) is 4.79 Å². The van der Waals surface area contributed by atoms with Crippen LogP contribution in [0.25, 0.3) is 0 Å². The summed E-state index contributed by atoms with van der Waals surface area (Å²) in [5.41, 5.74) is 0. The number of likely N-dealkylation sites (tertiary alicyclic amines) is 1. The Labute approximate surface area is 110 Å². The van der Waals surface area contributed by atoms with Crippen molar-refractivity contribution in [1.29, 1.82) is 0 Å². The quantitative estimate of drug-likeness (QED) is 0.779. The topological polar surface area (TPSA) is 41.6 Å². The van der Waals surface area contributed by atoms with Gasteiger partial charge in [0.25, 0.3) is 0 Å². The number of amides is 1. The Morgan fingerprint density at radius 3 is 2.56 bits per heavy atom. The van der Waals surface area contributed by atoms with Crippen molar-refractivity contribution in [3.63, 3.8) is 0 Å². The van der Waals surface area contributed by atoms with Gasteiger partial charge in [-0.25, -0.2) is 0 Å². The monoisotopic (exact) mass is 254 g/mol. The lowest BCUT2D eigenvalue weighted by molar-refractivity contribution is -0.133. The molecule has 2 aliphatic rings. The number of nitrogens with zero attached hydrogens (tertiary/aromatic N) is 1. The molecule has 1 saturated heterocycles. The Kier molecular flexibility index (Phi) is 5.01. The average Bonchev–Trinajstić information content (AvgIpc) is 3.21. The summed E-state index contributed by atoms with van der Waals surface area (Å²) in [6.07, 6.45) is 4.38. The molecular weight excluding hydrogens is 228 g/mol. The SMILES string of the molecule is CCOCC(C)NC1CCN(C(=O)C2CC2)CC1. The van der Waals surface area contributed by atoms with Crippen LogP contribution in [0.3, 0.4) is 0 Å². The number of rotatable bonds is 6. The van der Waals surface area contributed by atoms with Crippen molar-refractivity contribution in [3.8, 4) is 0 Å². The molecule has 0 aromatic carbocycles. The van der Waals surface area contributed by atoms with E-state index in [0.29, 0.717) is 23.9 Å². The normalized spacial score (nSPS) is 23.1. The lowest BCUT2D eigenvalue weighted by Crippen LogP contribution is -2.48. The highest BCUT2D eigenvalue weighted by Crippen LogP contribution is 2.31. The number of carbonyl (C=O) groups excluding carboxylic acids is 1. The second kappa shape index (κ2) is 6.53. The van der Waals surface area contributed by atoms with Gasteiger partial charge in [0.05, 0.1) is 6.61 Å². The van der Waals surface area contributed by atoms with E-state index in [1.165, 1.54) is 0 Å². The van der Waals surface area contributed by atoms with Crippen LogP contribution in [0.15, 0.2) is 0 Å². The third-order valence-corrected chi connectivity index (χ3v) is 3.83. The fourth-order valence-corrected chi connectivity index (χ4v) is 2.60. The highest BCUT2D eigenvalue weighted by atomic mass is 16.5. The first-order chi connectivity index (χ1) is 8.70. The molecular formula is C14H26N2O2. The molecule has 2 fully saturated rings. The first-order valence-corrected chi connectivity index (χ1v) is 7.33. The zero-order valence-corrected chi connectivity index (χ0v) is 11.7. The summed E-state index contributed by atoms with van der Waals surface area (Å²) in [6.45, 7) is 7.59. The minimum Gasteiger partial charge on any atom is -0.380 e. The Bertz CT molecular complexity index is 271. The smallest absolute Gasteiger partial charge is 0.225 e. The van der Waals surface area contributed by atoms with E-state index >= 15 is 0 Å². The third kappa shape index (κ3) is 3.95. The Morgan fingerprint density at radius 1 is 1.33 bits per heavy atom. The van der Waals surface area contributed by atoms with Crippen LogP contribution in [0.1, 0.15) is 39.5 Å². The zero-order chi connectivity index (χ0) is 13.0. The zero-order valence-electron chi connectivity index (χ0n) is 11.7. The lowest BCUT2D eigenvalue weighted by Gasteiger charge is -2.34. The van der Waals surface area contributed by atoms with Crippen LogP contribution >= 0.6 is 0 Å². The van der Waals surface area contributed by atoms with E-state index in [-0.39, 0.29) is 0 Å². The predicted octanol–water partition coefficient (Wildman–Crippen LogP) is 1.40. The molecule has 1 N–H and O–H groups in total. The van der Waals surface area contributed by atoms with Crippen molar-refractivity contribution in [3.05, 3.63) is 0 Å². The van der Waals surface area contributed by atoms with E-state index in [2.05, 4.69) is 17.1 Å². The molecule has 4 nitrogen and oxygen atoms in total. The number of hydrogen-bond donors (Lipinski definition) is 1. The fourth-order valence-electron chi connectivity index (χ4n) is 2.60. The van der Waals surface area contributed by atoms with Gasteiger partial charge < -0.3 is 15.0 Å². The molecule has 0 bridgehead atoms. The van der Waals surface area contributed by atoms with Crippen LogP contribution in [-0.4, -0.2) is 49.2 Å². The van der Waals surface area contributed by atoms with Gasteiger partial charge in [-0.05, 0) is 39.5 Å². The van der Waals surface area contributed by atoms with Crippen molar-refractivity contribution in [2.24, 2.45) is 5.92 Å². The van der Waals surface area contributed by atoms with Crippen LogP contribution < -0.4 is 5.32 Å². The Morgan fingerprint density at radius 2 is 2.00 bits per heavy atom. The number of piperidine rings is 1. The molecule has 0 radical (unpaired) electrons. The summed E-state index contributed by atoms with van der Waals surface area (Å²) in [6, 6.07) is 0.948. The predicted molar refractivity (Wildman–Crippen MR) is 71.4 cm³/mol. The first-order valence-electron chi connectivity index (χ1n) is 7.33. The number of nitrogens with one attached hydrogen (secondary N) is 1. The standard InChI is InChI=1S/C14H26N2O2/c1-3-18-10-11(2)15-13-6-8-16(9-7-13)14(17)12-4-5-12/h11-13,15H,3-10H2,1-2H3. The summed E-state index contributed by atoms with van der Waals surface area (Å²) in [7, 11) is 0.